The van der Waals surface area contributed by atoms with Crippen molar-refractivity contribution in [3.8, 4) is 0 Å². The Hall–Kier alpha value is -0.900. The second-order valence-electron chi connectivity index (χ2n) is 5.72. The highest BCUT2D eigenvalue weighted by Gasteiger charge is 2.50. The molecule has 0 spiro atoms. The van der Waals surface area contributed by atoms with E-state index in [0.29, 0.717) is 12.8 Å². The summed E-state index contributed by atoms with van der Waals surface area (Å²) in [5, 5.41) is 8.70. The van der Waals surface area contributed by atoms with Gasteiger partial charge in [-0.25, -0.2) is 4.79 Å². The molecule has 0 saturated heterocycles. The molecule has 0 aromatic rings. The number of ketones is 1. The van der Waals surface area contributed by atoms with Crippen LogP contribution in [0.4, 0.5) is 0 Å². The molecule has 0 atom stereocenters. The number of rotatable bonds is 3. The van der Waals surface area contributed by atoms with Crippen LogP contribution in [-0.2, 0) is 14.5 Å². The second-order valence-corrected chi connectivity index (χ2v) is 5.72. The molecule has 0 heterocycles. The van der Waals surface area contributed by atoms with Gasteiger partial charge in [0.05, 0.1) is 0 Å². The van der Waals surface area contributed by atoms with Crippen molar-refractivity contribution in [2.45, 2.75) is 64.2 Å². The van der Waals surface area contributed by atoms with Crippen molar-refractivity contribution >= 4 is 11.8 Å². The SMILES string of the molecule is O=C(OO)C1(C(=O)C2CCCCC2)CCCCC1. The Morgan fingerprint density at radius 2 is 1.50 bits per heavy atom. The Balaban J connectivity index is 2.16. The van der Waals surface area contributed by atoms with Crippen molar-refractivity contribution < 1.29 is 19.7 Å². The van der Waals surface area contributed by atoms with Crippen molar-refractivity contribution in [1.82, 2.24) is 0 Å². The van der Waals surface area contributed by atoms with Crippen LogP contribution in [0.3, 0.4) is 0 Å². The first-order chi connectivity index (χ1) is 8.70. The van der Waals surface area contributed by atoms with Crippen LogP contribution < -0.4 is 0 Å². The van der Waals surface area contributed by atoms with Crippen molar-refractivity contribution in [2.75, 3.05) is 0 Å². The maximum atomic E-state index is 12.7. The number of hydrogen-bond acceptors (Lipinski definition) is 4. The average Bonchev–Trinajstić information content (AvgIpc) is 2.47. The Kier molecular flexibility index (Phi) is 4.38. The van der Waals surface area contributed by atoms with Gasteiger partial charge in [0.1, 0.15) is 5.41 Å². The third-order valence-electron chi connectivity index (χ3n) is 4.63. The van der Waals surface area contributed by atoms with Gasteiger partial charge in [-0.1, -0.05) is 38.5 Å². The van der Waals surface area contributed by atoms with E-state index in [-0.39, 0.29) is 11.7 Å². The number of Topliss-reactive ketones (excluding diaryl/α,β-unsaturated/α-hetero) is 1. The summed E-state index contributed by atoms with van der Waals surface area (Å²) in [4.78, 5) is 28.5. The summed E-state index contributed by atoms with van der Waals surface area (Å²) in [6.45, 7) is 0. The van der Waals surface area contributed by atoms with Crippen LogP contribution in [0.25, 0.3) is 0 Å². The fourth-order valence-corrected chi connectivity index (χ4v) is 3.55. The first-order valence-corrected chi connectivity index (χ1v) is 7.11. The summed E-state index contributed by atoms with van der Waals surface area (Å²) in [5.74, 6) is -0.699. The molecule has 2 aliphatic carbocycles. The third-order valence-corrected chi connectivity index (χ3v) is 4.63. The topological polar surface area (TPSA) is 63.6 Å². The zero-order chi connectivity index (χ0) is 13.0. The summed E-state index contributed by atoms with van der Waals surface area (Å²) in [6.07, 6.45) is 8.98. The standard InChI is InChI=1S/C14H22O4/c15-12(11-7-3-1-4-8-11)14(13(16)18-17)9-5-2-6-10-14/h11,17H,1-10H2. The molecule has 0 unspecified atom stereocenters. The lowest BCUT2D eigenvalue weighted by molar-refractivity contribution is -0.246. The fraction of sp³-hybridized carbons (Fsp3) is 0.857. The summed E-state index contributed by atoms with van der Waals surface area (Å²) in [7, 11) is 0. The quantitative estimate of drug-likeness (QED) is 0.477. The van der Waals surface area contributed by atoms with E-state index in [4.69, 9.17) is 5.26 Å². The summed E-state index contributed by atoms with van der Waals surface area (Å²) >= 11 is 0. The lowest BCUT2D eigenvalue weighted by atomic mass is 9.66. The minimum atomic E-state index is -1.05. The smallest absolute Gasteiger partial charge is 0.300 e. The normalized spacial score (nSPS) is 24.5. The first-order valence-electron chi connectivity index (χ1n) is 7.11. The molecule has 4 nitrogen and oxygen atoms in total. The predicted molar refractivity (Wildman–Crippen MR) is 65.8 cm³/mol. The summed E-state index contributed by atoms with van der Waals surface area (Å²) in [5.41, 5.74) is -1.05. The van der Waals surface area contributed by atoms with E-state index in [9.17, 15) is 9.59 Å². The van der Waals surface area contributed by atoms with Crippen LogP contribution in [0, 0.1) is 11.3 Å². The number of carbonyl (C=O) groups excluding carboxylic acids is 2. The van der Waals surface area contributed by atoms with Gasteiger partial charge in [-0.3, -0.25) is 9.68 Å². The van der Waals surface area contributed by atoms with Crippen molar-refractivity contribution in [3.63, 3.8) is 0 Å². The van der Waals surface area contributed by atoms with E-state index in [1.807, 2.05) is 0 Å². The van der Waals surface area contributed by atoms with Gasteiger partial charge in [-0.15, -0.1) is 0 Å². The van der Waals surface area contributed by atoms with Crippen LogP contribution in [-0.4, -0.2) is 17.0 Å². The van der Waals surface area contributed by atoms with Gasteiger partial charge in [0.15, 0.2) is 5.78 Å². The van der Waals surface area contributed by atoms with E-state index in [1.54, 1.807) is 0 Å². The molecular formula is C14H22O4. The largest absolute Gasteiger partial charge is 0.355 e. The molecule has 0 bridgehead atoms. The van der Waals surface area contributed by atoms with Crippen LogP contribution >= 0.6 is 0 Å². The van der Waals surface area contributed by atoms with Gasteiger partial charge in [-0.05, 0) is 25.7 Å². The monoisotopic (exact) mass is 254 g/mol. The second kappa shape index (κ2) is 5.83. The van der Waals surface area contributed by atoms with Gasteiger partial charge < -0.3 is 0 Å². The Morgan fingerprint density at radius 3 is 2.06 bits per heavy atom. The molecule has 18 heavy (non-hydrogen) atoms. The van der Waals surface area contributed by atoms with Crippen molar-refractivity contribution in [3.05, 3.63) is 0 Å². The van der Waals surface area contributed by atoms with Gasteiger partial charge >= 0.3 is 5.97 Å². The molecule has 102 valence electrons. The molecule has 0 aliphatic heterocycles. The van der Waals surface area contributed by atoms with Crippen LogP contribution in [0.1, 0.15) is 64.2 Å². The molecule has 4 heteroatoms. The van der Waals surface area contributed by atoms with E-state index in [0.717, 1.165) is 44.9 Å². The Bertz CT molecular complexity index is 312. The van der Waals surface area contributed by atoms with Crippen molar-refractivity contribution in [1.29, 1.82) is 0 Å². The van der Waals surface area contributed by atoms with E-state index >= 15 is 0 Å². The van der Waals surface area contributed by atoms with Gasteiger partial charge in [0.2, 0.25) is 0 Å². The molecule has 0 amide bonds. The number of hydrogen-bond donors (Lipinski definition) is 1. The zero-order valence-electron chi connectivity index (χ0n) is 10.8. The molecule has 1 N–H and O–H groups in total. The molecule has 0 aromatic carbocycles. The van der Waals surface area contributed by atoms with Crippen molar-refractivity contribution in [2.24, 2.45) is 11.3 Å². The molecular weight excluding hydrogens is 232 g/mol. The van der Waals surface area contributed by atoms with E-state index < -0.39 is 11.4 Å². The molecule has 2 rings (SSSR count). The molecule has 0 aromatic heterocycles. The van der Waals surface area contributed by atoms with Crippen LogP contribution in [0.5, 0.6) is 0 Å². The lowest BCUT2D eigenvalue weighted by Gasteiger charge is -2.36. The minimum Gasteiger partial charge on any atom is -0.300 e. The molecule has 2 fully saturated rings. The van der Waals surface area contributed by atoms with Crippen LogP contribution in [0.15, 0.2) is 0 Å². The van der Waals surface area contributed by atoms with Gasteiger partial charge in [0, 0.05) is 5.92 Å². The fourth-order valence-electron chi connectivity index (χ4n) is 3.55. The molecule has 2 aliphatic rings. The van der Waals surface area contributed by atoms with E-state index in [2.05, 4.69) is 4.89 Å². The van der Waals surface area contributed by atoms with Crippen LogP contribution in [0.2, 0.25) is 0 Å². The average molecular weight is 254 g/mol. The molecule has 0 radical (unpaired) electrons. The highest BCUT2D eigenvalue weighted by Crippen LogP contribution is 2.42. The summed E-state index contributed by atoms with van der Waals surface area (Å²) in [6, 6.07) is 0. The Labute approximate surface area is 108 Å². The third kappa shape index (κ3) is 2.44. The highest BCUT2D eigenvalue weighted by atomic mass is 17.1. The summed E-state index contributed by atoms with van der Waals surface area (Å²) < 4.78 is 0. The first kappa shape index (κ1) is 13.5. The zero-order valence-corrected chi connectivity index (χ0v) is 10.8. The highest BCUT2D eigenvalue weighted by molar-refractivity contribution is 6.04. The van der Waals surface area contributed by atoms with Gasteiger partial charge in [-0.2, -0.15) is 5.26 Å². The predicted octanol–water partition coefficient (Wildman–Crippen LogP) is 3.10. The lowest BCUT2D eigenvalue weighted by Crippen LogP contribution is -2.45. The van der Waals surface area contributed by atoms with E-state index in [1.165, 1.54) is 6.42 Å². The maximum Gasteiger partial charge on any atom is 0.355 e. The maximum absolute atomic E-state index is 12.7. The minimum absolute atomic E-state index is 0.00375. The van der Waals surface area contributed by atoms with Gasteiger partial charge in [0.25, 0.3) is 0 Å². The Morgan fingerprint density at radius 1 is 0.944 bits per heavy atom. The molecule has 2 saturated carbocycles. The number of carbonyl (C=O) groups is 2.